The third-order valence-electron chi connectivity index (χ3n) is 5.84. The van der Waals surface area contributed by atoms with Crippen LogP contribution in [-0.2, 0) is 12.8 Å². The van der Waals surface area contributed by atoms with E-state index in [-0.39, 0.29) is 5.75 Å². The second-order valence-electron chi connectivity index (χ2n) is 8.23. The number of phenolic OH excluding ortho intramolecular Hbond substituents is 1. The number of allylic oxidation sites excluding steroid dienone is 1. The van der Waals surface area contributed by atoms with Crippen LogP contribution in [0.4, 0.5) is 0 Å². The molecule has 5 rings (SSSR count). The minimum Gasteiger partial charge on any atom is -0.508 e. The van der Waals surface area contributed by atoms with Crippen molar-refractivity contribution in [3.05, 3.63) is 71.3 Å². The zero-order valence-electron chi connectivity index (χ0n) is 17.9. The quantitative estimate of drug-likeness (QED) is 0.525. The van der Waals surface area contributed by atoms with E-state index in [9.17, 15) is 5.11 Å². The van der Waals surface area contributed by atoms with Crippen molar-refractivity contribution < 1.29 is 19.3 Å². The van der Waals surface area contributed by atoms with Crippen molar-refractivity contribution in [1.29, 1.82) is 0 Å². The van der Waals surface area contributed by atoms with Crippen LogP contribution in [0, 0.1) is 0 Å². The van der Waals surface area contributed by atoms with Crippen molar-refractivity contribution in [3.63, 3.8) is 0 Å². The molecule has 3 aromatic rings. The van der Waals surface area contributed by atoms with E-state index in [4.69, 9.17) is 14.2 Å². The molecule has 0 radical (unpaired) electrons. The Morgan fingerprint density at radius 3 is 1.87 bits per heavy atom. The maximum Gasteiger partial charge on any atom is 0.131 e. The number of aromatic hydroxyl groups is 1. The van der Waals surface area contributed by atoms with Crippen molar-refractivity contribution in [2.45, 2.75) is 26.7 Å². The maximum atomic E-state index is 9.72. The fourth-order valence-electron chi connectivity index (χ4n) is 4.37. The van der Waals surface area contributed by atoms with Gasteiger partial charge in [0.1, 0.15) is 29.6 Å². The zero-order chi connectivity index (χ0) is 21.4. The van der Waals surface area contributed by atoms with Gasteiger partial charge in [0.05, 0.1) is 13.2 Å². The highest BCUT2D eigenvalue weighted by molar-refractivity contribution is 5.89. The number of phenols is 1. The Balaban J connectivity index is 1.58. The number of hydrogen-bond acceptors (Lipinski definition) is 4. The highest BCUT2D eigenvalue weighted by atomic mass is 16.5. The Bertz CT molecular complexity index is 1100. The highest BCUT2D eigenvalue weighted by Crippen LogP contribution is 2.52. The van der Waals surface area contributed by atoms with Crippen molar-refractivity contribution in [3.8, 4) is 45.3 Å². The summed E-state index contributed by atoms with van der Waals surface area (Å²) >= 11 is 0. The van der Waals surface area contributed by atoms with E-state index in [1.807, 2.05) is 24.3 Å². The van der Waals surface area contributed by atoms with Crippen molar-refractivity contribution in [2.75, 3.05) is 19.8 Å². The summed E-state index contributed by atoms with van der Waals surface area (Å²) in [5.41, 5.74) is 8.03. The van der Waals surface area contributed by atoms with Gasteiger partial charge in [0.25, 0.3) is 0 Å². The second kappa shape index (κ2) is 8.03. The molecule has 1 N–H and O–H groups in total. The van der Waals surface area contributed by atoms with Gasteiger partial charge in [-0.2, -0.15) is 0 Å². The van der Waals surface area contributed by atoms with E-state index < -0.39 is 0 Å². The standard InChI is InChI=1S/C27H26O4/c1-17(2)11-14-29-21-9-5-19(6-10-21)25-23-13-16-30-26(23)24(22-12-15-31-27(22)25)18-3-7-20(28)8-4-18/h3-11,28H,12-16H2,1-2H3. The Morgan fingerprint density at radius 2 is 1.35 bits per heavy atom. The van der Waals surface area contributed by atoms with Crippen LogP contribution in [0.15, 0.2) is 60.2 Å². The van der Waals surface area contributed by atoms with Crippen LogP contribution in [-0.4, -0.2) is 24.9 Å². The van der Waals surface area contributed by atoms with Gasteiger partial charge in [-0.15, -0.1) is 0 Å². The predicted molar refractivity (Wildman–Crippen MR) is 122 cm³/mol. The zero-order valence-corrected chi connectivity index (χ0v) is 17.9. The molecule has 0 spiro atoms. The molecule has 158 valence electrons. The smallest absolute Gasteiger partial charge is 0.131 e. The Kier molecular flexibility index (Phi) is 5.06. The SMILES string of the molecule is CC(C)=CCOc1ccc(-c2c3c(c(-c4ccc(O)cc4)c4c2OCC4)OCC3)cc1. The predicted octanol–water partition coefficient (Wildman–Crippen LogP) is 5.94. The molecule has 4 nitrogen and oxygen atoms in total. The summed E-state index contributed by atoms with van der Waals surface area (Å²) in [5.74, 6) is 3.03. The van der Waals surface area contributed by atoms with Gasteiger partial charge in [-0.25, -0.2) is 0 Å². The lowest BCUT2D eigenvalue weighted by molar-refractivity contribution is 0.357. The van der Waals surface area contributed by atoms with Gasteiger partial charge < -0.3 is 19.3 Å². The molecule has 0 atom stereocenters. The monoisotopic (exact) mass is 414 g/mol. The van der Waals surface area contributed by atoms with E-state index in [1.54, 1.807) is 12.1 Å². The minimum atomic E-state index is 0.262. The molecule has 2 aliphatic rings. The topological polar surface area (TPSA) is 47.9 Å². The van der Waals surface area contributed by atoms with Crippen LogP contribution in [0.25, 0.3) is 22.3 Å². The number of fused-ring (bicyclic) bond motifs is 2. The van der Waals surface area contributed by atoms with Gasteiger partial charge >= 0.3 is 0 Å². The van der Waals surface area contributed by atoms with E-state index in [0.29, 0.717) is 19.8 Å². The number of ether oxygens (including phenoxy) is 3. The van der Waals surface area contributed by atoms with E-state index in [2.05, 4.69) is 32.1 Å². The molecule has 0 amide bonds. The van der Waals surface area contributed by atoms with Gasteiger partial charge in [-0.1, -0.05) is 29.8 Å². The summed E-state index contributed by atoms with van der Waals surface area (Å²) in [6, 6.07) is 15.6. The molecular weight excluding hydrogens is 388 g/mol. The third kappa shape index (κ3) is 3.63. The molecule has 2 aliphatic heterocycles. The third-order valence-corrected chi connectivity index (χ3v) is 5.84. The van der Waals surface area contributed by atoms with E-state index >= 15 is 0 Å². The van der Waals surface area contributed by atoms with Crippen molar-refractivity contribution in [1.82, 2.24) is 0 Å². The highest BCUT2D eigenvalue weighted by Gasteiger charge is 2.32. The molecular formula is C27H26O4. The lowest BCUT2D eigenvalue weighted by Crippen LogP contribution is -1.97. The van der Waals surface area contributed by atoms with Crippen LogP contribution < -0.4 is 14.2 Å². The first-order valence-corrected chi connectivity index (χ1v) is 10.7. The molecule has 0 fully saturated rings. The summed E-state index contributed by atoms with van der Waals surface area (Å²) in [6.45, 7) is 6.04. The Hall–Kier alpha value is -3.40. The first-order valence-electron chi connectivity index (χ1n) is 10.7. The van der Waals surface area contributed by atoms with Gasteiger partial charge in [0.2, 0.25) is 0 Å². The minimum absolute atomic E-state index is 0.262. The van der Waals surface area contributed by atoms with Crippen LogP contribution >= 0.6 is 0 Å². The summed E-state index contributed by atoms with van der Waals surface area (Å²) in [4.78, 5) is 0. The Labute approximate surface area is 182 Å². The fraction of sp³-hybridized carbons (Fsp3) is 0.259. The first-order chi connectivity index (χ1) is 15.1. The lowest BCUT2D eigenvalue weighted by Gasteiger charge is -2.18. The summed E-state index contributed by atoms with van der Waals surface area (Å²) < 4.78 is 18.2. The molecule has 0 saturated carbocycles. The summed E-state index contributed by atoms with van der Waals surface area (Å²) in [7, 11) is 0. The molecule has 0 aromatic heterocycles. The summed E-state index contributed by atoms with van der Waals surface area (Å²) in [5, 5.41) is 9.72. The van der Waals surface area contributed by atoms with Crippen LogP contribution in [0.2, 0.25) is 0 Å². The average molecular weight is 415 g/mol. The second-order valence-corrected chi connectivity index (χ2v) is 8.23. The molecule has 0 aliphatic carbocycles. The maximum absolute atomic E-state index is 9.72. The molecule has 3 aromatic carbocycles. The molecule has 0 saturated heterocycles. The molecule has 4 heteroatoms. The molecule has 0 bridgehead atoms. The molecule has 2 heterocycles. The van der Waals surface area contributed by atoms with E-state index in [0.717, 1.165) is 52.3 Å². The largest absolute Gasteiger partial charge is 0.508 e. The van der Waals surface area contributed by atoms with Crippen LogP contribution in [0.1, 0.15) is 25.0 Å². The van der Waals surface area contributed by atoms with Gasteiger partial charge in [0, 0.05) is 35.1 Å². The van der Waals surface area contributed by atoms with E-state index in [1.165, 1.54) is 16.7 Å². The fourth-order valence-corrected chi connectivity index (χ4v) is 4.37. The first kappa shape index (κ1) is 19.6. The summed E-state index contributed by atoms with van der Waals surface area (Å²) in [6.07, 6.45) is 3.77. The molecule has 0 unspecified atom stereocenters. The van der Waals surface area contributed by atoms with Crippen molar-refractivity contribution >= 4 is 0 Å². The number of benzene rings is 3. The van der Waals surface area contributed by atoms with Gasteiger partial charge in [0.15, 0.2) is 0 Å². The number of hydrogen-bond donors (Lipinski definition) is 1. The Morgan fingerprint density at radius 1 is 0.839 bits per heavy atom. The normalized spacial score (nSPS) is 13.7. The molecule has 31 heavy (non-hydrogen) atoms. The van der Waals surface area contributed by atoms with Gasteiger partial charge in [-0.3, -0.25) is 0 Å². The van der Waals surface area contributed by atoms with Crippen LogP contribution in [0.3, 0.4) is 0 Å². The van der Waals surface area contributed by atoms with Gasteiger partial charge in [-0.05, 0) is 55.3 Å². The number of rotatable bonds is 5. The van der Waals surface area contributed by atoms with Crippen LogP contribution in [0.5, 0.6) is 23.0 Å². The average Bonchev–Trinajstić information content (AvgIpc) is 3.43. The lowest BCUT2D eigenvalue weighted by atomic mass is 9.87. The van der Waals surface area contributed by atoms with Crippen molar-refractivity contribution in [2.24, 2.45) is 0 Å².